The van der Waals surface area contributed by atoms with Crippen molar-refractivity contribution < 1.29 is 4.21 Å². The predicted octanol–water partition coefficient (Wildman–Crippen LogP) is 3.44. The van der Waals surface area contributed by atoms with Crippen LogP contribution in [0.4, 0.5) is 5.69 Å². The maximum Gasteiger partial charge on any atom is 0.116 e. The van der Waals surface area contributed by atoms with Crippen molar-refractivity contribution in [2.75, 3.05) is 11.0 Å². The lowest BCUT2D eigenvalue weighted by atomic mass is 10.0. The van der Waals surface area contributed by atoms with E-state index in [0.717, 1.165) is 46.7 Å². The Morgan fingerprint density at radius 2 is 1.90 bits per heavy atom. The largest absolute Gasteiger partial charge is 0.311 e. The zero-order valence-electron chi connectivity index (χ0n) is 17.7. The monoisotopic (exact) mass is 419 g/mol. The van der Waals surface area contributed by atoms with Gasteiger partial charge in [-0.15, -0.1) is 0 Å². The zero-order chi connectivity index (χ0) is 21.7. The normalized spacial score (nSPS) is 12.5. The fraction of sp³-hybridized carbons (Fsp3) is 0.261. The van der Waals surface area contributed by atoms with E-state index in [0.29, 0.717) is 11.3 Å². The number of hydrogen-bond acceptors (Lipinski definition) is 5. The van der Waals surface area contributed by atoms with Crippen LogP contribution in [0.1, 0.15) is 42.1 Å². The number of anilines is 1. The van der Waals surface area contributed by atoms with Crippen LogP contribution in [-0.4, -0.2) is 36.3 Å². The van der Waals surface area contributed by atoms with Gasteiger partial charge in [-0.3, -0.25) is 9.97 Å². The van der Waals surface area contributed by atoms with E-state index in [-0.39, 0.29) is 0 Å². The molecule has 0 amide bonds. The standard InChI is InChI=1S/C23H25N5OS/c1-6-19-13-18(10-11-24-19)23-20(21(7-2)26-15-27-23)9-8-17-12-22(16(3)25-14-17)28-30(4,5)29/h10-15H,4,6-7H2,1-3,5H3,(H,28,29). The molecule has 0 radical (unpaired) electrons. The van der Waals surface area contributed by atoms with Gasteiger partial charge in [-0.05, 0) is 43.8 Å². The number of aromatic nitrogens is 4. The van der Waals surface area contributed by atoms with Crippen molar-refractivity contribution in [3.63, 3.8) is 0 Å². The van der Waals surface area contributed by atoms with Crippen LogP contribution in [0.3, 0.4) is 0 Å². The summed E-state index contributed by atoms with van der Waals surface area (Å²) < 4.78 is 14.9. The van der Waals surface area contributed by atoms with E-state index >= 15 is 0 Å². The number of aryl methyl sites for hydroxylation is 3. The van der Waals surface area contributed by atoms with Gasteiger partial charge in [0.15, 0.2) is 0 Å². The molecule has 0 aliphatic heterocycles. The van der Waals surface area contributed by atoms with E-state index < -0.39 is 9.71 Å². The fourth-order valence-electron chi connectivity index (χ4n) is 2.93. The van der Waals surface area contributed by atoms with Crippen LogP contribution in [0.5, 0.6) is 0 Å². The maximum absolute atomic E-state index is 12.0. The minimum absolute atomic E-state index is 0.659. The van der Waals surface area contributed by atoms with Gasteiger partial charge in [0, 0.05) is 45.2 Å². The summed E-state index contributed by atoms with van der Waals surface area (Å²) in [5.41, 5.74) is 6.53. The Morgan fingerprint density at radius 1 is 1.10 bits per heavy atom. The Hall–Kier alpha value is -3.24. The molecule has 3 heterocycles. The highest BCUT2D eigenvalue weighted by Crippen LogP contribution is 2.23. The van der Waals surface area contributed by atoms with Crippen molar-refractivity contribution in [1.82, 2.24) is 19.9 Å². The summed E-state index contributed by atoms with van der Waals surface area (Å²) in [5.74, 6) is 10.1. The van der Waals surface area contributed by atoms with Gasteiger partial charge in [0.2, 0.25) is 0 Å². The van der Waals surface area contributed by atoms with E-state index in [1.807, 2.05) is 32.0 Å². The molecular weight excluding hydrogens is 394 g/mol. The molecule has 1 unspecified atom stereocenters. The average molecular weight is 420 g/mol. The molecule has 154 valence electrons. The zero-order valence-corrected chi connectivity index (χ0v) is 18.5. The Morgan fingerprint density at radius 3 is 2.60 bits per heavy atom. The second kappa shape index (κ2) is 9.06. The van der Waals surface area contributed by atoms with E-state index in [1.54, 1.807) is 25.0 Å². The van der Waals surface area contributed by atoms with Gasteiger partial charge in [0.05, 0.1) is 28.3 Å². The number of hydrogen-bond donors (Lipinski definition) is 1. The van der Waals surface area contributed by atoms with Gasteiger partial charge >= 0.3 is 0 Å². The van der Waals surface area contributed by atoms with Gasteiger partial charge in [0.25, 0.3) is 0 Å². The molecule has 0 spiro atoms. The molecule has 0 fully saturated rings. The summed E-state index contributed by atoms with van der Waals surface area (Å²) in [6, 6.07) is 5.81. The minimum atomic E-state index is -2.41. The van der Waals surface area contributed by atoms with Crippen molar-refractivity contribution in [2.24, 2.45) is 0 Å². The lowest BCUT2D eigenvalue weighted by molar-refractivity contribution is 0.688. The molecule has 0 aliphatic rings. The van der Waals surface area contributed by atoms with Crippen molar-refractivity contribution >= 4 is 21.3 Å². The van der Waals surface area contributed by atoms with E-state index in [1.165, 1.54) is 0 Å². The first kappa shape index (κ1) is 21.5. The quantitative estimate of drug-likeness (QED) is 0.506. The molecule has 0 saturated heterocycles. The van der Waals surface area contributed by atoms with Crippen LogP contribution in [0, 0.1) is 18.8 Å². The second-order valence-corrected chi connectivity index (χ2v) is 9.22. The van der Waals surface area contributed by atoms with Crippen LogP contribution in [0.25, 0.3) is 11.3 Å². The Labute approximate surface area is 178 Å². The van der Waals surface area contributed by atoms with E-state index in [9.17, 15) is 4.21 Å². The third-order valence-corrected chi connectivity index (χ3v) is 5.11. The van der Waals surface area contributed by atoms with Crippen LogP contribution in [-0.2, 0) is 22.5 Å². The minimum Gasteiger partial charge on any atom is -0.311 e. The lowest BCUT2D eigenvalue weighted by Gasteiger charge is -2.10. The van der Waals surface area contributed by atoms with E-state index in [4.69, 9.17) is 0 Å². The summed E-state index contributed by atoms with van der Waals surface area (Å²) >= 11 is 0. The average Bonchev–Trinajstić information content (AvgIpc) is 2.73. The number of rotatable bonds is 5. The van der Waals surface area contributed by atoms with Gasteiger partial charge in [-0.1, -0.05) is 25.7 Å². The van der Waals surface area contributed by atoms with Crippen molar-refractivity contribution in [2.45, 2.75) is 33.6 Å². The van der Waals surface area contributed by atoms with Gasteiger partial charge in [-0.2, -0.15) is 0 Å². The summed E-state index contributed by atoms with van der Waals surface area (Å²) in [7, 11) is -2.41. The second-order valence-electron chi connectivity index (χ2n) is 7.00. The third kappa shape index (κ3) is 5.22. The number of pyridine rings is 2. The van der Waals surface area contributed by atoms with Crippen molar-refractivity contribution in [3.8, 4) is 23.1 Å². The molecule has 30 heavy (non-hydrogen) atoms. The predicted molar refractivity (Wildman–Crippen MR) is 124 cm³/mol. The topological polar surface area (TPSA) is 80.7 Å². The maximum atomic E-state index is 12.0. The van der Waals surface area contributed by atoms with Crippen LogP contribution in [0.15, 0.2) is 36.9 Å². The highest BCUT2D eigenvalue weighted by Gasteiger charge is 2.11. The first-order valence-corrected chi connectivity index (χ1v) is 11.8. The molecule has 3 aromatic heterocycles. The molecule has 1 N–H and O–H groups in total. The smallest absolute Gasteiger partial charge is 0.116 e. The Bertz CT molecular complexity index is 1240. The Kier molecular flexibility index (Phi) is 6.48. The Balaban J connectivity index is 2.08. The molecule has 0 bridgehead atoms. The summed E-state index contributed by atoms with van der Waals surface area (Å²) in [4.78, 5) is 17.7. The number of nitrogens with one attached hydrogen (secondary N) is 1. The van der Waals surface area contributed by atoms with Gasteiger partial charge in [0.1, 0.15) is 6.33 Å². The van der Waals surface area contributed by atoms with Crippen LogP contribution < -0.4 is 4.72 Å². The summed E-state index contributed by atoms with van der Waals surface area (Å²) in [6.07, 6.45) is 8.20. The highest BCUT2D eigenvalue weighted by atomic mass is 32.2. The van der Waals surface area contributed by atoms with E-state index in [2.05, 4.69) is 49.3 Å². The van der Waals surface area contributed by atoms with Gasteiger partial charge in [-0.25, -0.2) is 14.2 Å². The lowest BCUT2D eigenvalue weighted by Crippen LogP contribution is -2.11. The third-order valence-electron chi connectivity index (χ3n) is 4.46. The molecule has 0 aromatic carbocycles. The molecular formula is C23H25N5OS. The molecule has 0 aliphatic carbocycles. The first-order chi connectivity index (χ1) is 14.3. The van der Waals surface area contributed by atoms with Crippen molar-refractivity contribution in [1.29, 1.82) is 0 Å². The number of nitrogens with zero attached hydrogens (tertiary/aromatic N) is 4. The van der Waals surface area contributed by atoms with Crippen LogP contribution >= 0.6 is 0 Å². The fourth-order valence-corrected chi connectivity index (χ4v) is 3.60. The van der Waals surface area contributed by atoms with Gasteiger partial charge < -0.3 is 4.72 Å². The molecule has 6 nitrogen and oxygen atoms in total. The molecule has 0 saturated carbocycles. The molecule has 3 aromatic rings. The molecule has 7 heteroatoms. The SMILES string of the molecule is C=S(C)(=O)Nc1cc(C#Cc2c(CC)ncnc2-c2ccnc(CC)c2)cnc1C. The summed E-state index contributed by atoms with van der Waals surface area (Å²) in [6.45, 7) is 5.96. The van der Waals surface area contributed by atoms with Crippen molar-refractivity contribution in [3.05, 3.63) is 65.1 Å². The highest BCUT2D eigenvalue weighted by molar-refractivity contribution is 8.00. The first-order valence-electron chi connectivity index (χ1n) is 9.68. The summed E-state index contributed by atoms with van der Waals surface area (Å²) in [5, 5.41) is 0. The molecule has 3 rings (SSSR count). The van der Waals surface area contributed by atoms with Crippen LogP contribution in [0.2, 0.25) is 0 Å². The molecule has 1 atom stereocenters.